The topological polar surface area (TPSA) is 126 Å². The SMILES string of the molecule is CC1c2c([nH]c3nnc(-c4ccccc4O)cc23)CCN1c1ncc(C2CC3CCC(C2)N3C2CC3(C2)CN(C(=O)NC(C)C(C)(C)C)C3)cn1. The fraction of sp³-hybridized carbons (Fsp3) is 0.575. The number of hydrogen-bond acceptors (Lipinski definition) is 8. The Bertz CT molecular complexity index is 1940. The lowest BCUT2D eigenvalue weighted by molar-refractivity contribution is -0.108. The summed E-state index contributed by atoms with van der Waals surface area (Å²) in [6.07, 6.45) is 12.4. The average molecular weight is 690 g/mol. The van der Waals surface area contributed by atoms with E-state index in [0.29, 0.717) is 40.7 Å². The summed E-state index contributed by atoms with van der Waals surface area (Å²) in [5.41, 5.74) is 6.15. The second kappa shape index (κ2) is 11.9. The number of amides is 2. The van der Waals surface area contributed by atoms with Gasteiger partial charge in [0.2, 0.25) is 5.95 Å². The molecule has 1 saturated carbocycles. The summed E-state index contributed by atoms with van der Waals surface area (Å²) >= 11 is 0. The van der Waals surface area contributed by atoms with Crippen molar-refractivity contribution >= 4 is 23.0 Å². The second-order valence-electron chi connectivity index (χ2n) is 17.4. The van der Waals surface area contributed by atoms with Gasteiger partial charge in [-0.2, -0.15) is 0 Å². The number of aromatic amines is 1. The molecule has 3 aromatic heterocycles. The standard InChI is InChI=1S/C40H51N9O2/c1-23-35-31-16-33(30-8-6-7-9-34(30)50)45-46-36(31)44-32(35)12-13-48(23)37-41-19-26(20-42-37)25-14-27-10-11-28(15-25)49(27)29-17-40(18-29)21-47(22-40)38(51)43-24(2)39(3,4)5/h6-9,16,19-20,23-25,27-29,50H,10-15,17-18,21-22H2,1-5H3,(H,43,51)(H,44,46). The van der Waals surface area contributed by atoms with Crippen molar-refractivity contribution in [2.45, 2.75) is 116 Å². The number of hydrogen-bond donors (Lipinski definition) is 3. The monoisotopic (exact) mass is 689 g/mol. The largest absolute Gasteiger partial charge is 0.507 e. The molecule has 2 amide bonds. The first kappa shape index (κ1) is 32.6. The fourth-order valence-corrected chi connectivity index (χ4v) is 9.99. The summed E-state index contributed by atoms with van der Waals surface area (Å²) in [6.45, 7) is 13.5. The van der Waals surface area contributed by atoms with Gasteiger partial charge < -0.3 is 25.2 Å². The maximum atomic E-state index is 12.8. The highest BCUT2D eigenvalue weighted by molar-refractivity contribution is 5.86. The van der Waals surface area contributed by atoms with E-state index in [2.05, 4.69) is 77.3 Å². The van der Waals surface area contributed by atoms with E-state index < -0.39 is 0 Å². The highest BCUT2D eigenvalue weighted by atomic mass is 16.3. The van der Waals surface area contributed by atoms with Crippen LogP contribution in [0.4, 0.5) is 10.7 Å². The summed E-state index contributed by atoms with van der Waals surface area (Å²) in [7, 11) is 0. The number of nitrogens with one attached hydrogen (secondary N) is 2. The minimum absolute atomic E-state index is 0.0591. The molecular formula is C40H51N9O2. The van der Waals surface area contributed by atoms with Crippen LogP contribution in [0.1, 0.15) is 102 Å². The number of piperidine rings is 1. The molecule has 1 spiro atoms. The zero-order valence-electron chi connectivity index (χ0n) is 30.6. The van der Waals surface area contributed by atoms with Crippen LogP contribution in [0.2, 0.25) is 0 Å². The van der Waals surface area contributed by atoms with Gasteiger partial charge in [0.25, 0.3) is 0 Å². The highest BCUT2D eigenvalue weighted by Crippen LogP contribution is 2.55. The predicted molar refractivity (Wildman–Crippen MR) is 198 cm³/mol. The Morgan fingerprint density at radius 3 is 2.43 bits per heavy atom. The number of carbonyl (C=O) groups excluding carboxylic acids is 1. The molecule has 5 aliphatic rings. The van der Waals surface area contributed by atoms with Crippen LogP contribution in [0.15, 0.2) is 42.7 Å². The van der Waals surface area contributed by atoms with Crippen molar-refractivity contribution in [3.63, 3.8) is 0 Å². The summed E-state index contributed by atoms with van der Waals surface area (Å²) in [5, 5.41) is 23.6. The summed E-state index contributed by atoms with van der Waals surface area (Å²) < 4.78 is 0. The molecular weight excluding hydrogens is 639 g/mol. The lowest BCUT2D eigenvalue weighted by Gasteiger charge is -2.62. The van der Waals surface area contributed by atoms with Gasteiger partial charge in [-0.3, -0.25) is 4.90 Å². The fourth-order valence-electron chi connectivity index (χ4n) is 9.99. The van der Waals surface area contributed by atoms with E-state index in [0.717, 1.165) is 43.0 Å². The molecule has 9 rings (SSSR count). The number of carbonyl (C=O) groups is 1. The van der Waals surface area contributed by atoms with Crippen LogP contribution in [0, 0.1) is 10.8 Å². The minimum Gasteiger partial charge on any atom is -0.507 e. The molecule has 1 aliphatic carbocycles. The van der Waals surface area contributed by atoms with Gasteiger partial charge in [-0.15, -0.1) is 10.2 Å². The van der Waals surface area contributed by atoms with Gasteiger partial charge in [0.15, 0.2) is 5.65 Å². The zero-order valence-corrected chi connectivity index (χ0v) is 30.6. The lowest BCUT2D eigenvalue weighted by atomic mass is 9.59. The molecule has 4 unspecified atom stereocenters. The van der Waals surface area contributed by atoms with Crippen molar-refractivity contribution < 1.29 is 9.90 Å². The maximum Gasteiger partial charge on any atom is 0.317 e. The molecule has 11 heteroatoms. The number of rotatable bonds is 5. The number of benzene rings is 1. The number of para-hydroxylation sites is 1. The van der Waals surface area contributed by atoms with E-state index in [1.54, 1.807) is 6.07 Å². The third kappa shape index (κ3) is 5.54. The van der Waals surface area contributed by atoms with Crippen LogP contribution in [0.3, 0.4) is 0 Å². The average Bonchev–Trinajstić information content (AvgIpc) is 3.56. The first-order chi connectivity index (χ1) is 24.5. The van der Waals surface area contributed by atoms with E-state index >= 15 is 0 Å². The number of fused-ring (bicyclic) bond motifs is 5. The maximum absolute atomic E-state index is 12.8. The Labute approximate surface area is 300 Å². The number of phenols is 1. The molecule has 4 fully saturated rings. The Hall–Kier alpha value is -4.25. The van der Waals surface area contributed by atoms with Gasteiger partial charge in [0.1, 0.15) is 5.75 Å². The Kier molecular flexibility index (Phi) is 7.62. The molecule has 4 atom stereocenters. The highest BCUT2D eigenvalue weighted by Gasteiger charge is 2.58. The quantitative estimate of drug-likeness (QED) is 0.215. The van der Waals surface area contributed by atoms with Crippen LogP contribution < -0.4 is 10.2 Å². The minimum atomic E-state index is 0.0591. The van der Waals surface area contributed by atoms with Crippen molar-refractivity contribution in [3.05, 3.63) is 59.5 Å². The van der Waals surface area contributed by atoms with E-state index in [9.17, 15) is 9.90 Å². The van der Waals surface area contributed by atoms with E-state index in [-0.39, 0.29) is 29.3 Å². The van der Waals surface area contributed by atoms with Crippen molar-refractivity contribution in [2.24, 2.45) is 10.8 Å². The second-order valence-corrected chi connectivity index (χ2v) is 17.4. The first-order valence-electron chi connectivity index (χ1n) is 19.0. The first-order valence-corrected chi connectivity index (χ1v) is 19.0. The number of anilines is 1. The van der Waals surface area contributed by atoms with Crippen LogP contribution in [-0.4, -0.2) is 89.9 Å². The number of aromatic nitrogens is 5. The number of phenolic OH excluding ortho intramolecular Hbond substituents is 1. The van der Waals surface area contributed by atoms with Gasteiger partial charge in [-0.05, 0) is 87.5 Å². The van der Waals surface area contributed by atoms with Crippen LogP contribution >= 0.6 is 0 Å². The molecule has 1 aromatic carbocycles. The molecule has 7 heterocycles. The number of likely N-dealkylation sites (tertiary alicyclic amines) is 1. The van der Waals surface area contributed by atoms with Crippen molar-refractivity contribution in [2.75, 3.05) is 24.5 Å². The molecule has 2 bridgehead atoms. The van der Waals surface area contributed by atoms with Gasteiger partial charge >= 0.3 is 6.03 Å². The summed E-state index contributed by atoms with van der Waals surface area (Å²) in [5.74, 6) is 1.47. The van der Waals surface area contributed by atoms with E-state index in [4.69, 9.17) is 9.97 Å². The smallest absolute Gasteiger partial charge is 0.317 e. The molecule has 268 valence electrons. The number of nitrogens with zero attached hydrogens (tertiary/aromatic N) is 7. The Morgan fingerprint density at radius 1 is 1.04 bits per heavy atom. The zero-order chi connectivity index (χ0) is 35.2. The molecule has 3 saturated heterocycles. The Balaban J connectivity index is 0.832. The molecule has 3 N–H and O–H groups in total. The predicted octanol–water partition coefficient (Wildman–Crippen LogP) is 6.56. The van der Waals surface area contributed by atoms with E-state index in [1.165, 1.54) is 55.3 Å². The van der Waals surface area contributed by atoms with Crippen molar-refractivity contribution in [3.8, 4) is 17.0 Å². The van der Waals surface area contributed by atoms with Crippen molar-refractivity contribution in [1.29, 1.82) is 0 Å². The Morgan fingerprint density at radius 2 is 1.75 bits per heavy atom. The van der Waals surface area contributed by atoms with Gasteiger partial charge in [-0.25, -0.2) is 14.8 Å². The van der Waals surface area contributed by atoms with Crippen molar-refractivity contribution in [1.82, 2.24) is 40.3 Å². The molecule has 4 aliphatic heterocycles. The number of urea groups is 1. The number of aromatic hydroxyl groups is 1. The third-order valence-corrected chi connectivity index (χ3v) is 13.3. The summed E-state index contributed by atoms with van der Waals surface area (Å²) in [4.78, 5) is 33.5. The van der Waals surface area contributed by atoms with Crippen LogP contribution in [0.5, 0.6) is 5.75 Å². The lowest BCUT2D eigenvalue weighted by Crippen LogP contribution is -2.70. The summed E-state index contributed by atoms with van der Waals surface area (Å²) in [6, 6.07) is 11.5. The number of H-pyrrole nitrogens is 1. The normalized spacial score (nSPS) is 26.5. The van der Waals surface area contributed by atoms with Crippen LogP contribution in [0.25, 0.3) is 22.3 Å². The molecule has 4 aromatic rings. The van der Waals surface area contributed by atoms with Gasteiger partial charge in [-0.1, -0.05) is 32.9 Å². The molecule has 51 heavy (non-hydrogen) atoms. The third-order valence-electron chi connectivity index (χ3n) is 13.3. The molecule has 0 radical (unpaired) electrons. The van der Waals surface area contributed by atoms with Gasteiger partial charge in [0.05, 0.1) is 11.7 Å². The van der Waals surface area contributed by atoms with E-state index in [1.807, 2.05) is 29.2 Å². The van der Waals surface area contributed by atoms with Gasteiger partial charge in [0, 0.05) is 90.2 Å². The van der Waals surface area contributed by atoms with Crippen LogP contribution in [-0.2, 0) is 6.42 Å². The molecule has 11 nitrogen and oxygen atoms in total.